The summed E-state index contributed by atoms with van der Waals surface area (Å²) in [5, 5.41) is 21.7. The highest BCUT2D eigenvalue weighted by Crippen LogP contribution is 2.25. The molecule has 550 valence electrons. The van der Waals surface area contributed by atoms with E-state index in [0.29, 0.717) is 106 Å². The smallest absolute Gasteiger partial charge is 0.326 e. The van der Waals surface area contributed by atoms with Gasteiger partial charge in [-0.25, -0.2) is 15.2 Å². The maximum atomic E-state index is 12.1. The van der Waals surface area contributed by atoms with Crippen LogP contribution in [0.4, 0.5) is 5.82 Å². The summed E-state index contributed by atoms with van der Waals surface area (Å²) < 4.78 is 34.2. The number of ketones is 7. The highest BCUT2D eigenvalue weighted by molar-refractivity contribution is 8.77. The van der Waals surface area contributed by atoms with Crippen molar-refractivity contribution in [2.45, 2.75) is 178 Å². The Bertz CT molecular complexity index is 3000. The number of aliphatic imine (C=N–C) groups is 5. The van der Waals surface area contributed by atoms with Crippen molar-refractivity contribution in [3.63, 3.8) is 0 Å². The van der Waals surface area contributed by atoms with Crippen LogP contribution in [0.3, 0.4) is 0 Å². The number of hydrogen-bond donors (Lipinski definition) is 5. The van der Waals surface area contributed by atoms with Crippen LogP contribution in [-0.2, 0) is 54.5 Å². The zero-order valence-corrected chi connectivity index (χ0v) is 62.4. The molecule has 0 saturated carbocycles. The average molecular weight is 1500 g/mol. The number of aromatic nitrogens is 2. The third kappa shape index (κ3) is 64.3. The van der Waals surface area contributed by atoms with Gasteiger partial charge < -0.3 is 15.7 Å². The van der Waals surface area contributed by atoms with E-state index < -0.39 is 30.1 Å². The lowest BCUT2D eigenvalue weighted by molar-refractivity contribution is -0.141. The quantitative estimate of drug-likeness (QED) is 0.0103. The molecule has 1 unspecified atom stereocenters. The summed E-state index contributed by atoms with van der Waals surface area (Å²) >= 11 is 0. The van der Waals surface area contributed by atoms with Gasteiger partial charge in [0, 0.05) is 123 Å². The van der Waals surface area contributed by atoms with E-state index in [4.69, 9.17) is 12.0 Å². The molecule has 26 nitrogen and oxygen atoms in total. The second-order valence-corrected chi connectivity index (χ2v) is 27.6. The minimum atomic E-state index is -1.22. The van der Waals surface area contributed by atoms with Crippen molar-refractivity contribution in [2.24, 2.45) is 35.2 Å². The molecule has 0 fully saturated rings. The largest absolute Gasteiger partial charge is 0.480 e. The molecule has 0 aromatic carbocycles. The number of rotatable bonds is 52. The number of hydrogen-bond acceptors (Lipinski definition) is 28. The summed E-state index contributed by atoms with van der Waals surface area (Å²) in [5.41, 5.74) is 6.62. The standard InChI is InChI=1S/C18H26N4O2S2.C17H26N4O6S2.C14H25NO2S2.C12H15N3O2.C6H11NO/c1-3-10-21-22-18-8-7-15(13-20-18)17(24)6-5-11-25-26-12-9-16(23)14-19-4-2;1-3-15(24)21-19-10-13(23)7-8-28-29-11-16(25)20-14(17(26)27)6-5-12(22)9-18-4-2;1-3-5-7-13(16)8-6-10-18-19-11-9-14(17)12-15-4-2;1-2-5-14-12(17)10-3-4-11(15-8-10)9-13-6-7-16;1-3-6(8)5-7-4-2/h4,7-8,10,13H,3,5-6,9,11-12,14H2,1-2H3,(H,20,22);4,10,14H,3,5-9,11H2,1-2H3,(H,20,25)(H,21,24)(H,26,27);4H,3,5-12H2,1-2H3;3-4,6-8H,2,5,9H2,1H3,(H,14,17);4H,3,5H2,1-2H3/b19-4?,21-10+;18-4?,19-10+;;;/i3*1T;7T;1T. The maximum absolute atomic E-state index is 12.1. The molecule has 2 aromatic heterocycles. The molecule has 99 heavy (non-hydrogen) atoms. The fourth-order valence-electron chi connectivity index (χ4n) is 6.21. The molecule has 1 atom stereocenters. The molecule has 0 aliphatic carbocycles. The number of anilines is 1. The number of nitrogens with zero attached hydrogens (tertiary/aromatic N) is 9. The van der Waals surface area contributed by atoms with Gasteiger partial charge in [-0.3, -0.25) is 88.1 Å². The fourth-order valence-corrected chi connectivity index (χ4v) is 12.3. The van der Waals surface area contributed by atoms with Gasteiger partial charge in [0.15, 0.2) is 41.0 Å². The number of aldehydes is 1. The Balaban J connectivity index is -0.00000127. The van der Waals surface area contributed by atoms with E-state index in [1.165, 1.54) is 34.0 Å². The number of hydrazone groups is 2. The van der Waals surface area contributed by atoms with Crippen molar-refractivity contribution in [3.8, 4) is 0 Å². The second-order valence-electron chi connectivity index (χ2n) is 19.6. The average Bonchev–Trinajstić information content (AvgIpc) is 0.903. The van der Waals surface area contributed by atoms with E-state index >= 15 is 0 Å². The van der Waals surface area contributed by atoms with Crippen LogP contribution in [0.2, 0.25) is 0 Å². The summed E-state index contributed by atoms with van der Waals surface area (Å²) in [7, 11) is 9.21. The molecule has 0 aliphatic heterocycles. The van der Waals surface area contributed by atoms with Gasteiger partial charge in [0.05, 0.1) is 62.2 Å². The van der Waals surface area contributed by atoms with Gasteiger partial charge in [0.1, 0.15) is 19.0 Å². The molecule has 5 N–H and O–H groups in total. The number of carboxylic acid groups (broad SMARTS) is 1. The minimum absolute atomic E-state index is 0.00368. The lowest BCUT2D eigenvalue weighted by Crippen LogP contribution is -2.41. The number of unbranched alkanes of at least 4 members (excludes halogenated alkanes) is 1. The van der Waals surface area contributed by atoms with Crippen LogP contribution in [0.25, 0.3) is 0 Å². The molecule has 2 rings (SSSR count). The van der Waals surface area contributed by atoms with Gasteiger partial charge >= 0.3 is 5.97 Å². The number of carbonyl (C=O) groups excluding carboxylic acids is 11. The lowest BCUT2D eigenvalue weighted by atomic mass is 10.1. The Morgan fingerprint density at radius 2 is 1.16 bits per heavy atom. The van der Waals surface area contributed by atoms with Crippen LogP contribution in [-0.4, -0.2) is 202 Å². The van der Waals surface area contributed by atoms with E-state index in [9.17, 15) is 57.5 Å². The molecule has 3 amide bonds. The SMILES string of the molecule is [3H]C(=O)C=NCc1ccc(C(=O)NCCC)cn1.[3H]CC/C=N/Nc1ccc(C(=O)CCCSSCCC(=O)CN=CC)cn1.[3H]CCC(=O)CN=CC.[3H]CCC(=O)N/N=C/C(=O)CCSSCC(=O)NC(CCC(=O)CN=CC)C(=O)O.[3H]CCCCC(=O)CCCSSCCC(=O)CN=CC. The third-order valence-electron chi connectivity index (χ3n) is 11.4. The molecule has 0 bridgehead atoms. The van der Waals surface area contributed by atoms with Crippen LogP contribution in [0, 0.1) is 0 Å². The first-order valence-electron chi connectivity index (χ1n) is 35.1. The van der Waals surface area contributed by atoms with Gasteiger partial charge in [-0.15, -0.1) is 0 Å². The molecule has 0 radical (unpaired) electrons. The van der Waals surface area contributed by atoms with Crippen molar-refractivity contribution < 1.29 is 69.5 Å². The highest BCUT2D eigenvalue weighted by atomic mass is 33.1. The maximum Gasteiger partial charge on any atom is 0.326 e. The Morgan fingerprint density at radius 1 is 0.586 bits per heavy atom. The molecular weight excluding hydrogens is 1390 g/mol. The number of amides is 3. The van der Waals surface area contributed by atoms with Gasteiger partial charge in [-0.2, -0.15) is 10.2 Å². The Hall–Kier alpha value is -6.87. The predicted octanol–water partition coefficient (Wildman–Crippen LogP) is 11.1. The van der Waals surface area contributed by atoms with Crippen LogP contribution in [0.1, 0.15) is 198 Å². The van der Waals surface area contributed by atoms with Crippen LogP contribution in [0.15, 0.2) is 71.8 Å². The molecule has 0 aliphatic rings. The molecule has 2 heterocycles. The number of aliphatic carboxylic acids is 1. The van der Waals surface area contributed by atoms with E-state index in [-0.39, 0.29) is 112 Å². The Kier molecular flexibility index (Phi) is 61.9. The minimum Gasteiger partial charge on any atom is -0.480 e. The molecule has 0 spiro atoms. The van der Waals surface area contributed by atoms with Gasteiger partial charge in [-0.1, -0.05) is 106 Å². The number of carbonyl (C=O) groups is 12. The van der Waals surface area contributed by atoms with E-state index in [1.807, 2.05) is 13.8 Å². The first kappa shape index (κ1) is 86.4. The predicted molar refractivity (Wildman–Crippen MR) is 415 cm³/mol. The lowest BCUT2D eigenvalue weighted by Gasteiger charge is -2.13. The fraction of sp³-hybridized carbons (Fsp3) is 0.567. The summed E-state index contributed by atoms with van der Waals surface area (Å²) in [5.74, 6) is 2.36. The summed E-state index contributed by atoms with van der Waals surface area (Å²) in [4.78, 5) is 163. The number of carboxylic acids is 1. The summed E-state index contributed by atoms with van der Waals surface area (Å²) in [6.45, 7) is 11.5. The second kappa shape index (κ2) is 71.0. The van der Waals surface area contributed by atoms with E-state index in [2.05, 4.69) is 66.6 Å². The van der Waals surface area contributed by atoms with Crippen molar-refractivity contribution in [3.05, 3.63) is 53.5 Å². The van der Waals surface area contributed by atoms with Crippen LogP contribution < -0.4 is 21.5 Å². The van der Waals surface area contributed by atoms with Gasteiger partial charge in [0.2, 0.25) is 11.8 Å². The first-order chi connectivity index (χ1) is 50.1. The number of pyridine rings is 2. The van der Waals surface area contributed by atoms with Crippen molar-refractivity contribution in [1.82, 2.24) is 26.0 Å². The Morgan fingerprint density at radius 3 is 1.72 bits per heavy atom. The van der Waals surface area contributed by atoms with Crippen LogP contribution >= 0.6 is 64.8 Å². The first-order valence-corrected chi connectivity index (χ1v) is 39.2. The Labute approximate surface area is 615 Å². The van der Waals surface area contributed by atoms with Crippen molar-refractivity contribution in [2.75, 3.05) is 72.7 Å². The van der Waals surface area contributed by atoms with E-state index in [0.717, 1.165) is 67.5 Å². The van der Waals surface area contributed by atoms with Gasteiger partial charge in [-0.05, 0) is 115 Å². The zero-order chi connectivity index (χ0) is 78.1. The molecule has 32 heteroatoms. The zero-order valence-electron chi connectivity index (χ0n) is 62.5. The number of Topliss-reactive ketones (excluding diaryl/α,β-unsaturated/α-hetero) is 7. The molecule has 2 aromatic rings. The van der Waals surface area contributed by atoms with Crippen LogP contribution in [0.5, 0.6) is 0 Å². The third-order valence-corrected chi connectivity index (χ3v) is 18.6. The highest BCUT2D eigenvalue weighted by Gasteiger charge is 2.21. The van der Waals surface area contributed by atoms with E-state index in [1.54, 1.807) is 119 Å². The summed E-state index contributed by atoms with van der Waals surface area (Å²) in [6, 6.07) is 5.64. The monoisotopic (exact) mass is 1500 g/mol. The normalized spacial score (nSPS) is 11.9. The van der Waals surface area contributed by atoms with Gasteiger partial charge in [0.25, 0.3) is 5.91 Å². The van der Waals surface area contributed by atoms with Crippen molar-refractivity contribution >= 4 is 185 Å². The summed E-state index contributed by atoms with van der Waals surface area (Å²) in [6.07, 6.45) is 20.3. The molecular formula is C67H103N13O13S6. The number of nitrogens with one attached hydrogen (secondary N) is 4. The van der Waals surface area contributed by atoms with Crippen molar-refractivity contribution in [1.29, 1.82) is 0 Å². The molecule has 0 saturated heterocycles. The topological polar surface area (TPSA) is 385 Å².